The molecule has 2 aromatic rings. The molecular formula is C16H16F2N2O2S. The lowest BCUT2D eigenvalue weighted by Gasteiger charge is -2.19. The molecule has 122 valence electrons. The highest BCUT2D eigenvalue weighted by Gasteiger charge is 2.26. The SMILES string of the molecule is Cc1oncc1C(=O)N1CCS[C@H](c2cc(F)ccc2F)CC1. The van der Waals surface area contributed by atoms with Crippen LogP contribution in [0, 0.1) is 18.6 Å². The molecule has 7 heteroatoms. The van der Waals surface area contributed by atoms with E-state index in [2.05, 4.69) is 5.16 Å². The molecule has 0 spiro atoms. The van der Waals surface area contributed by atoms with Crippen LogP contribution >= 0.6 is 11.8 Å². The van der Waals surface area contributed by atoms with Gasteiger partial charge in [-0.25, -0.2) is 8.78 Å². The topological polar surface area (TPSA) is 46.3 Å². The smallest absolute Gasteiger partial charge is 0.259 e. The maximum atomic E-state index is 13.9. The number of aryl methyl sites for hydroxylation is 1. The van der Waals surface area contributed by atoms with E-state index >= 15 is 0 Å². The molecule has 1 aliphatic heterocycles. The quantitative estimate of drug-likeness (QED) is 0.840. The van der Waals surface area contributed by atoms with Gasteiger partial charge in [-0.15, -0.1) is 0 Å². The third-order valence-corrected chi connectivity index (χ3v) is 5.23. The van der Waals surface area contributed by atoms with E-state index in [4.69, 9.17) is 4.52 Å². The minimum atomic E-state index is -0.445. The molecular weight excluding hydrogens is 322 g/mol. The Kier molecular flexibility index (Phi) is 4.66. The number of benzene rings is 1. The summed E-state index contributed by atoms with van der Waals surface area (Å²) in [4.78, 5) is 14.2. The largest absolute Gasteiger partial charge is 0.361 e. The van der Waals surface area contributed by atoms with Crippen molar-refractivity contribution >= 4 is 17.7 Å². The minimum absolute atomic E-state index is 0.135. The fraction of sp³-hybridized carbons (Fsp3) is 0.375. The minimum Gasteiger partial charge on any atom is -0.361 e. The average molecular weight is 338 g/mol. The van der Waals surface area contributed by atoms with Gasteiger partial charge in [-0.05, 0) is 31.5 Å². The Morgan fingerprint density at radius 3 is 2.96 bits per heavy atom. The summed E-state index contributed by atoms with van der Waals surface area (Å²) in [6, 6.07) is 3.51. The molecule has 1 aromatic heterocycles. The number of nitrogens with zero attached hydrogens (tertiary/aromatic N) is 2. The highest BCUT2D eigenvalue weighted by Crippen LogP contribution is 2.36. The summed E-state index contributed by atoms with van der Waals surface area (Å²) in [5.41, 5.74) is 0.816. The van der Waals surface area contributed by atoms with Crippen molar-refractivity contribution in [3.63, 3.8) is 0 Å². The van der Waals surface area contributed by atoms with Crippen LogP contribution in [0.5, 0.6) is 0 Å². The number of rotatable bonds is 2. The Hall–Kier alpha value is -1.89. The summed E-state index contributed by atoms with van der Waals surface area (Å²) in [6.07, 6.45) is 1.99. The number of aromatic nitrogens is 1. The first kappa shape index (κ1) is 16.0. The van der Waals surface area contributed by atoms with Gasteiger partial charge in [0.05, 0.1) is 6.20 Å². The second-order valence-electron chi connectivity index (χ2n) is 5.40. The summed E-state index contributed by atoms with van der Waals surface area (Å²) in [5, 5.41) is 3.47. The van der Waals surface area contributed by atoms with Crippen LogP contribution < -0.4 is 0 Å². The van der Waals surface area contributed by atoms with Crippen LogP contribution in [-0.4, -0.2) is 34.8 Å². The summed E-state index contributed by atoms with van der Waals surface area (Å²) in [7, 11) is 0. The van der Waals surface area contributed by atoms with E-state index in [1.807, 2.05) is 0 Å². The van der Waals surface area contributed by atoms with Gasteiger partial charge < -0.3 is 9.42 Å². The molecule has 1 aliphatic rings. The molecule has 0 aliphatic carbocycles. The number of hydrogen-bond donors (Lipinski definition) is 0. The zero-order chi connectivity index (χ0) is 16.4. The van der Waals surface area contributed by atoms with Crippen LogP contribution in [0.2, 0.25) is 0 Å². The fourth-order valence-corrected chi connectivity index (χ4v) is 3.90. The molecule has 3 rings (SSSR count). The van der Waals surface area contributed by atoms with Gasteiger partial charge in [0.1, 0.15) is 23.0 Å². The summed E-state index contributed by atoms with van der Waals surface area (Å²) >= 11 is 1.54. The lowest BCUT2D eigenvalue weighted by atomic mass is 10.1. The van der Waals surface area contributed by atoms with Gasteiger partial charge >= 0.3 is 0 Å². The Bertz CT molecular complexity index is 720. The van der Waals surface area contributed by atoms with Gasteiger partial charge in [0.15, 0.2) is 0 Å². The van der Waals surface area contributed by atoms with E-state index in [-0.39, 0.29) is 11.2 Å². The molecule has 0 unspecified atom stereocenters. The lowest BCUT2D eigenvalue weighted by molar-refractivity contribution is 0.0765. The Labute approximate surface area is 136 Å². The lowest BCUT2D eigenvalue weighted by Crippen LogP contribution is -2.33. The van der Waals surface area contributed by atoms with Gasteiger partial charge in [-0.2, -0.15) is 11.8 Å². The molecule has 1 aromatic carbocycles. The molecule has 0 bridgehead atoms. The van der Waals surface area contributed by atoms with Crippen molar-refractivity contribution in [2.24, 2.45) is 0 Å². The van der Waals surface area contributed by atoms with Crippen LogP contribution in [0.1, 0.15) is 33.4 Å². The van der Waals surface area contributed by atoms with Crippen molar-refractivity contribution in [1.82, 2.24) is 10.1 Å². The van der Waals surface area contributed by atoms with Gasteiger partial charge in [0.25, 0.3) is 5.91 Å². The first-order valence-corrected chi connectivity index (χ1v) is 8.38. The summed E-state index contributed by atoms with van der Waals surface area (Å²) < 4.78 is 32.3. The van der Waals surface area contributed by atoms with Gasteiger partial charge in [0, 0.05) is 29.7 Å². The van der Waals surface area contributed by atoms with Gasteiger partial charge in [-0.3, -0.25) is 4.79 Å². The zero-order valence-corrected chi connectivity index (χ0v) is 13.4. The van der Waals surface area contributed by atoms with E-state index < -0.39 is 11.6 Å². The first-order chi connectivity index (χ1) is 11.1. The number of thioether (sulfide) groups is 1. The first-order valence-electron chi connectivity index (χ1n) is 7.33. The molecule has 4 nitrogen and oxygen atoms in total. The average Bonchev–Trinajstić information content (AvgIpc) is 2.82. The van der Waals surface area contributed by atoms with Crippen molar-refractivity contribution in [2.75, 3.05) is 18.8 Å². The molecule has 1 fully saturated rings. The van der Waals surface area contributed by atoms with Crippen molar-refractivity contribution in [1.29, 1.82) is 0 Å². The summed E-state index contributed by atoms with van der Waals surface area (Å²) in [6.45, 7) is 2.73. The fourth-order valence-electron chi connectivity index (χ4n) is 2.66. The Balaban J connectivity index is 1.73. The van der Waals surface area contributed by atoms with Crippen molar-refractivity contribution < 1.29 is 18.1 Å². The normalized spacial score (nSPS) is 18.7. The molecule has 23 heavy (non-hydrogen) atoms. The number of carbonyl (C=O) groups excluding carboxylic acids is 1. The van der Waals surface area contributed by atoms with E-state index in [9.17, 15) is 13.6 Å². The molecule has 0 radical (unpaired) electrons. The Morgan fingerprint density at radius 2 is 2.22 bits per heavy atom. The monoisotopic (exact) mass is 338 g/mol. The van der Waals surface area contributed by atoms with Crippen molar-refractivity contribution in [3.8, 4) is 0 Å². The number of amides is 1. The van der Waals surface area contributed by atoms with Gasteiger partial charge in [0.2, 0.25) is 0 Å². The van der Waals surface area contributed by atoms with Crippen LogP contribution in [-0.2, 0) is 0 Å². The molecule has 0 saturated carbocycles. The summed E-state index contributed by atoms with van der Waals surface area (Å²) in [5.74, 6) is 0.165. The van der Waals surface area contributed by atoms with Crippen LogP contribution in [0.15, 0.2) is 28.9 Å². The van der Waals surface area contributed by atoms with E-state index in [0.29, 0.717) is 42.2 Å². The number of halogens is 2. The van der Waals surface area contributed by atoms with E-state index in [1.165, 1.54) is 12.3 Å². The van der Waals surface area contributed by atoms with Crippen molar-refractivity contribution in [3.05, 3.63) is 52.9 Å². The second kappa shape index (κ2) is 6.70. The zero-order valence-electron chi connectivity index (χ0n) is 12.6. The molecule has 1 saturated heterocycles. The number of carbonyl (C=O) groups is 1. The molecule has 1 atom stereocenters. The predicted molar refractivity (Wildman–Crippen MR) is 83.3 cm³/mol. The van der Waals surface area contributed by atoms with Crippen molar-refractivity contribution in [2.45, 2.75) is 18.6 Å². The van der Waals surface area contributed by atoms with E-state index in [1.54, 1.807) is 23.6 Å². The highest BCUT2D eigenvalue weighted by atomic mass is 32.2. The molecule has 2 heterocycles. The third-order valence-electron chi connectivity index (χ3n) is 3.91. The molecule has 0 N–H and O–H groups in total. The standard InChI is InChI=1S/C16H16F2N2O2S/c1-10-13(9-19-22-10)16(21)20-5-4-15(23-7-6-20)12-8-11(17)2-3-14(12)18/h2-3,8-9,15H,4-7H2,1H3/t15-/m0/s1. The second-order valence-corrected chi connectivity index (χ2v) is 6.71. The Morgan fingerprint density at radius 1 is 1.39 bits per heavy atom. The predicted octanol–water partition coefficient (Wildman–Crippen LogP) is 3.58. The third kappa shape index (κ3) is 3.39. The highest BCUT2D eigenvalue weighted by molar-refractivity contribution is 7.99. The molecule has 1 amide bonds. The maximum Gasteiger partial charge on any atom is 0.259 e. The maximum absolute atomic E-state index is 13.9. The van der Waals surface area contributed by atoms with Gasteiger partial charge in [-0.1, -0.05) is 5.16 Å². The van der Waals surface area contributed by atoms with Crippen LogP contribution in [0.25, 0.3) is 0 Å². The van der Waals surface area contributed by atoms with Crippen LogP contribution in [0.4, 0.5) is 8.78 Å². The van der Waals surface area contributed by atoms with Crippen LogP contribution in [0.3, 0.4) is 0 Å². The van der Waals surface area contributed by atoms with E-state index in [0.717, 1.165) is 12.1 Å². The number of hydrogen-bond acceptors (Lipinski definition) is 4.